The first-order valence-corrected chi connectivity index (χ1v) is 4.25. The molecule has 76 valence electrons. The van der Waals surface area contributed by atoms with Gasteiger partial charge in [-0.05, 0) is 6.07 Å². The molecule has 0 aliphatic rings. The number of para-hydroxylation sites is 1. The van der Waals surface area contributed by atoms with Gasteiger partial charge in [-0.2, -0.15) is 4.73 Å². The molecule has 1 heterocycles. The molecular formula is C10H8N2O3. The maximum Gasteiger partial charge on any atom is 0.338 e. The van der Waals surface area contributed by atoms with Crippen LogP contribution in [0.1, 0.15) is 10.4 Å². The Morgan fingerprint density at radius 3 is 2.73 bits per heavy atom. The van der Waals surface area contributed by atoms with E-state index in [0.29, 0.717) is 15.6 Å². The molecule has 0 aliphatic carbocycles. The Balaban J connectivity index is 2.96. The molecule has 0 saturated carbocycles. The van der Waals surface area contributed by atoms with Crippen LogP contribution in [0.4, 0.5) is 5.69 Å². The van der Waals surface area contributed by atoms with Crippen molar-refractivity contribution in [2.24, 2.45) is 0 Å². The molecule has 0 spiro atoms. The highest BCUT2D eigenvalue weighted by atomic mass is 16.5. The third kappa shape index (κ3) is 1.34. The molecule has 0 amide bonds. The fourth-order valence-corrected chi connectivity index (χ4v) is 1.53. The van der Waals surface area contributed by atoms with Gasteiger partial charge in [0.05, 0.1) is 5.39 Å². The normalized spacial score (nSPS) is 10.4. The maximum absolute atomic E-state index is 11.4. The Hall–Kier alpha value is -2.30. The van der Waals surface area contributed by atoms with Gasteiger partial charge >= 0.3 is 5.97 Å². The third-order valence-electron chi connectivity index (χ3n) is 2.17. The highest BCUT2D eigenvalue weighted by molar-refractivity contribution is 6.05. The Morgan fingerprint density at radius 1 is 1.40 bits per heavy atom. The molecule has 0 saturated heterocycles. The van der Waals surface area contributed by atoms with Gasteiger partial charge in [-0.25, -0.2) is 4.79 Å². The van der Waals surface area contributed by atoms with Crippen LogP contribution in [0.3, 0.4) is 0 Å². The van der Waals surface area contributed by atoms with Crippen LogP contribution in [0.5, 0.6) is 0 Å². The van der Waals surface area contributed by atoms with Crippen LogP contribution in [-0.2, 0) is 0 Å². The number of nitrogens with two attached hydrogens (primary N) is 1. The molecule has 0 radical (unpaired) electrons. The zero-order valence-corrected chi connectivity index (χ0v) is 7.68. The number of carboxylic acids is 1. The highest BCUT2D eigenvalue weighted by Gasteiger charge is 2.18. The number of nitrogens with zero attached hydrogens (tertiary/aromatic N) is 1. The van der Waals surface area contributed by atoms with Crippen molar-refractivity contribution in [2.45, 2.75) is 0 Å². The average molecular weight is 204 g/mol. The lowest BCUT2D eigenvalue weighted by Gasteiger charge is -2.06. The molecular weight excluding hydrogens is 196 g/mol. The largest absolute Gasteiger partial charge is 0.618 e. The molecule has 0 bridgehead atoms. The average Bonchev–Trinajstić information content (AvgIpc) is 2.17. The van der Waals surface area contributed by atoms with E-state index in [-0.39, 0.29) is 11.3 Å². The number of rotatable bonds is 1. The summed E-state index contributed by atoms with van der Waals surface area (Å²) < 4.78 is 0.567. The van der Waals surface area contributed by atoms with Crippen molar-refractivity contribution in [1.82, 2.24) is 0 Å². The lowest BCUT2D eigenvalue weighted by Crippen LogP contribution is -2.28. The number of fused-ring (bicyclic) bond motifs is 1. The van der Waals surface area contributed by atoms with Crippen LogP contribution >= 0.6 is 0 Å². The lowest BCUT2D eigenvalue weighted by molar-refractivity contribution is -0.576. The second-order valence-corrected chi connectivity index (χ2v) is 3.11. The minimum absolute atomic E-state index is 0.0299. The lowest BCUT2D eigenvalue weighted by atomic mass is 10.1. The molecule has 5 heteroatoms. The van der Waals surface area contributed by atoms with Gasteiger partial charge < -0.3 is 16.0 Å². The van der Waals surface area contributed by atoms with Gasteiger partial charge in [-0.1, -0.05) is 12.1 Å². The van der Waals surface area contributed by atoms with E-state index in [2.05, 4.69) is 0 Å². The Kier molecular flexibility index (Phi) is 1.93. The minimum Gasteiger partial charge on any atom is -0.618 e. The molecule has 2 rings (SSSR count). The summed E-state index contributed by atoms with van der Waals surface area (Å²) in [5.74, 6) is -1.13. The summed E-state index contributed by atoms with van der Waals surface area (Å²) in [6.07, 6.45) is 1.06. The topological polar surface area (TPSA) is 90.3 Å². The number of aromatic nitrogens is 1. The summed E-state index contributed by atoms with van der Waals surface area (Å²) in [4.78, 5) is 11.0. The molecule has 5 nitrogen and oxygen atoms in total. The summed E-state index contributed by atoms with van der Waals surface area (Å²) in [5, 5.41) is 20.7. The fraction of sp³-hybridized carbons (Fsp3) is 0. The first-order chi connectivity index (χ1) is 7.11. The zero-order valence-electron chi connectivity index (χ0n) is 7.68. The molecule has 1 aromatic heterocycles. The summed E-state index contributed by atoms with van der Waals surface area (Å²) in [6.45, 7) is 0. The minimum atomic E-state index is -1.13. The van der Waals surface area contributed by atoms with Crippen molar-refractivity contribution in [3.05, 3.63) is 41.2 Å². The van der Waals surface area contributed by atoms with Crippen molar-refractivity contribution in [3.8, 4) is 0 Å². The predicted molar refractivity (Wildman–Crippen MR) is 54.3 cm³/mol. The smallest absolute Gasteiger partial charge is 0.338 e. The van der Waals surface area contributed by atoms with Crippen LogP contribution in [0.2, 0.25) is 0 Å². The fourth-order valence-electron chi connectivity index (χ4n) is 1.53. The number of aromatic carboxylic acids is 1. The number of nitrogen functional groups attached to an aromatic ring is 1. The van der Waals surface area contributed by atoms with Crippen LogP contribution < -0.4 is 10.5 Å². The van der Waals surface area contributed by atoms with Gasteiger partial charge in [0.15, 0.2) is 0 Å². The van der Waals surface area contributed by atoms with Crippen molar-refractivity contribution < 1.29 is 14.6 Å². The van der Waals surface area contributed by atoms with Crippen LogP contribution in [0, 0.1) is 5.21 Å². The van der Waals surface area contributed by atoms with E-state index in [1.54, 1.807) is 24.3 Å². The van der Waals surface area contributed by atoms with Crippen LogP contribution in [0.25, 0.3) is 10.9 Å². The summed E-state index contributed by atoms with van der Waals surface area (Å²) in [5.41, 5.74) is 5.72. The van der Waals surface area contributed by atoms with E-state index in [1.165, 1.54) is 0 Å². The van der Waals surface area contributed by atoms with Crippen molar-refractivity contribution >= 4 is 22.6 Å². The second kappa shape index (κ2) is 3.13. The van der Waals surface area contributed by atoms with E-state index < -0.39 is 5.97 Å². The zero-order chi connectivity index (χ0) is 11.0. The summed E-state index contributed by atoms with van der Waals surface area (Å²) in [7, 11) is 0. The number of anilines is 1. The van der Waals surface area contributed by atoms with Gasteiger partial charge in [0.2, 0.25) is 11.7 Å². The van der Waals surface area contributed by atoms with Crippen LogP contribution in [0.15, 0.2) is 30.5 Å². The number of carboxylic acid groups (broad SMARTS) is 1. The van der Waals surface area contributed by atoms with Crippen molar-refractivity contribution in [2.75, 3.05) is 5.73 Å². The molecule has 0 aliphatic heterocycles. The van der Waals surface area contributed by atoms with Crippen molar-refractivity contribution in [3.63, 3.8) is 0 Å². The van der Waals surface area contributed by atoms with E-state index in [4.69, 9.17) is 10.8 Å². The van der Waals surface area contributed by atoms with E-state index in [0.717, 1.165) is 6.20 Å². The monoisotopic (exact) mass is 204 g/mol. The number of hydrogen-bond acceptors (Lipinski definition) is 3. The van der Waals surface area contributed by atoms with E-state index in [1.807, 2.05) is 0 Å². The molecule has 15 heavy (non-hydrogen) atoms. The van der Waals surface area contributed by atoms with Gasteiger partial charge in [0.1, 0.15) is 11.3 Å². The first-order valence-electron chi connectivity index (χ1n) is 4.25. The standard InChI is InChI=1S/C10H8N2O3/c11-7-5-12(15)8-4-2-1-3-6(8)9(7)10(13)14/h1-5H,11H2,(H,13,14). The van der Waals surface area contributed by atoms with Gasteiger partial charge in [-0.15, -0.1) is 0 Å². The van der Waals surface area contributed by atoms with Crippen molar-refractivity contribution in [1.29, 1.82) is 0 Å². The Labute approximate surface area is 85.0 Å². The third-order valence-corrected chi connectivity index (χ3v) is 2.17. The number of benzene rings is 1. The van der Waals surface area contributed by atoms with Gasteiger partial charge in [0.25, 0.3) is 0 Å². The van der Waals surface area contributed by atoms with E-state index in [9.17, 15) is 10.0 Å². The van der Waals surface area contributed by atoms with Gasteiger partial charge in [0, 0.05) is 6.07 Å². The Bertz CT molecular complexity index is 552. The summed E-state index contributed by atoms with van der Waals surface area (Å²) in [6, 6.07) is 6.44. The molecule has 0 unspecified atom stereocenters. The van der Waals surface area contributed by atoms with Gasteiger partial charge in [-0.3, -0.25) is 0 Å². The second-order valence-electron chi connectivity index (χ2n) is 3.11. The molecule has 2 aromatic rings. The highest BCUT2D eigenvalue weighted by Crippen LogP contribution is 2.20. The molecule has 0 fully saturated rings. The summed E-state index contributed by atoms with van der Waals surface area (Å²) >= 11 is 0. The molecule has 3 N–H and O–H groups in total. The maximum atomic E-state index is 11.4. The number of hydrogen-bond donors (Lipinski definition) is 2. The van der Waals surface area contributed by atoms with Crippen LogP contribution in [-0.4, -0.2) is 11.1 Å². The SMILES string of the molecule is Nc1c[n+]([O-])c2ccccc2c1C(=O)O. The number of carbonyl (C=O) groups is 1. The Morgan fingerprint density at radius 2 is 2.07 bits per heavy atom. The number of pyridine rings is 1. The molecule has 1 aromatic carbocycles. The molecule has 0 atom stereocenters. The predicted octanol–water partition coefficient (Wildman–Crippen LogP) is 0.754. The first kappa shape index (κ1) is 9.26. The quantitative estimate of drug-likeness (QED) is 0.529. The van der Waals surface area contributed by atoms with E-state index >= 15 is 0 Å².